The summed E-state index contributed by atoms with van der Waals surface area (Å²) in [6.45, 7) is 8.11. The van der Waals surface area contributed by atoms with Gasteiger partial charge < -0.3 is 10.6 Å². The molecule has 0 saturated heterocycles. The van der Waals surface area contributed by atoms with Gasteiger partial charge in [-0.1, -0.05) is 26.0 Å². The highest BCUT2D eigenvalue weighted by molar-refractivity contribution is 5.97. The fraction of sp³-hybridized carbons (Fsp3) is 0.533. The molecule has 2 N–H and O–H groups in total. The highest BCUT2D eigenvalue weighted by Crippen LogP contribution is 2.14. The Kier molecular flexibility index (Phi) is 4.91. The molecule has 0 unspecified atom stereocenters. The third-order valence-electron chi connectivity index (χ3n) is 3.05. The number of hydrogen-bond donors (Lipinski definition) is 2. The van der Waals surface area contributed by atoms with Crippen LogP contribution in [0.25, 0.3) is 0 Å². The Bertz CT molecular complexity index is 393. The highest BCUT2D eigenvalue weighted by atomic mass is 16.2. The molecule has 1 aromatic carbocycles. The van der Waals surface area contributed by atoms with E-state index >= 15 is 0 Å². The molecule has 18 heavy (non-hydrogen) atoms. The Hall–Kier alpha value is -1.35. The Morgan fingerprint density at radius 2 is 1.78 bits per heavy atom. The van der Waals surface area contributed by atoms with Crippen LogP contribution in [0.3, 0.4) is 0 Å². The van der Waals surface area contributed by atoms with Crippen LogP contribution in [0.5, 0.6) is 0 Å². The fourth-order valence-electron chi connectivity index (χ4n) is 1.60. The molecule has 0 aliphatic heterocycles. The molecule has 0 fully saturated rings. The van der Waals surface area contributed by atoms with Crippen molar-refractivity contribution in [3.63, 3.8) is 0 Å². The standard InChI is InChI=1S/C15H24N2O/c1-11(2)10-12-6-8-13(9-7-12)17-14(18)15(3,4)16-5/h6-9,11,16H,10H2,1-5H3,(H,17,18). The summed E-state index contributed by atoms with van der Waals surface area (Å²) in [5.74, 6) is 0.621. The van der Waals surface area contributed by atoms with Crippen LogP contribution >= 0.6 is 0 Å². The van der Waals surface area contributed by atoms with Crippen molar-refractivity contribution in [3.8, 4) is 0 Å². The Morgan fingerprint density at radius 1 is 1.22 bits per heavy atom. The van der Waals surface area contributed by atoms with E-state index in [1.54, 1.807) is 7.05 Å². The van der Waals surface area contributed by atoms with Gasteiger partial charge in [0.25, 0.3) is 0 Å². The van der Waals surface area contributed by atoms with Gasteiger partial charge in [-0.3, -0.25) is 4.79 Å². The van der Waals surface area contributed by atoms with Crippen molar-refractivity contribution in [2.24, 2.45) is 5.92 Å². The molecule has 0 saturated carbocycles. The topological polar surface area (TPSA) is 41.1 Å². The molecule has 1 amide bonds. The van der Waals surface area contributed by atoms with E-state index in [1.165, 1.54) is 5.56 Å². The molecule has 0 aromatic heterocycles. The summed E-state index contributed by atoms with van der Waals surface area (Å²) in [7, 11) is 1.78. The smallest absolute Gasteiger partial charge is 0.244 e. The van der Waals surface area contributed by atoms with Crippen LogP contribution in [0.4, 0.5) is 5.69 Å². The average Bonchev–Trinajstić information content (AvgIpc) is 2.31. The molecule has 0 aliphatic rings. The largest absolute Gasteiger partial charge is 0.325 e. The predicted molar refractivity (Wildman–Crippen MR) is 76.8 cm³/mol. The minimum Gasteiger partial charge on any atom is -0.325 e. The molecule has 0 atom stereocenters. The zero-order chi connectivity index (χ0) is 13.8. The van der Waals surface area contributed by atoms with Gasteiger partial charge in [-0.25, -0.2) is 0 Å². The van der Waals surface area contributed by atoms with Gasteiger partial charge in [-0.05, 0) is 50.9 Å². The molecule has 1 rings (SSSR count). The number of amides is 1. The van der Waals surface area contributed by atoms with E-state index in [9.17, 15) is 4.79 Å². The lowest BCUT2D eigenvalue weighted by Crippen LogP contribution is -2.47. The summed E-state index contributed by atoms with van der Waals surface area (Å²) in [5.41, 5.74) is 1.59. The summed E-state index contributed by atoms with van der Waals surface area (Å²) < 4.78 is 0. The van der Waals surface area contributed by atoms with E-state index in [4.69, 9.17) is 0 Å². The molecule has 3 heteroatoms. The van der Waals surface area contributed by atoms with Crippen LogP contribution in [0.2, 0.25) is 0 Å². The zero-order valence-corrected chi connectivity index (χ0v) is 12.0. The Labute approximate surface area is 110 Å². The first-order valence-electron chi connectivity index (χ1n) is 6.44. The van der Waals surface area contributed by atoms with Crippen LogP contribution in [0, 0.1) is 5.92 Å². The molecule has 100 valence electrons. The van der Waals surface area contributed by atoms with E-state index < -0.39 is 5.54 Å². The number of rotatable bonds is 5. The van der Waals surface area contributed by atoms with Crippen LogP contribution in [0.1, 0.15) is 33.3 Å². The second-order valence-corrected chi connectivity index (χ2v) is 5.62. The predicted octanol–water partition coefficient (Wildman–Crippen LogP) is 2.82. The lowest BCUT2D eigenvalue weighted by atomic mass is 10.0. The van der Waals surface area contributed by atoms with Crippen molar-refractivity contribution in [1.29, 1.82) is 0 Å². The summed E-state index contributed by atoms with van der Waals surface area (Å²) in [5, 5.41) is 5.90. The van der Waals surface area contributed by atoms with Crippen molar-refractivity contribution in [3.05, 3.63) is 29.8 Å². The molecule has 0 heterocycles. The lowest BCUT2D eigenvalue weighted by Gasteiger charge is -2.22. The average molecular weight is 248 g/mol. The van der Waals surface area contributed by atoms with Gasteiger partial charge in [0.15, 0.2) is 0 Å². The van der Waals surface area contributed by atoms with Crippen LogP contribution < -0.4 is 10.6 Å². The van der Waals surface area contributed by atoms with Gasteiger partial charge in [-0.15, -0.1) is 0 Å². The summed E-state index contributed by atoms with van der Waals surface area (Å²) >= 11 is 0. The Morgan fingerprint density at radius 3 is 2.22 bits per heavy atom. The number of likely N-dealkylation sites (N-methyl/N-ethyl adjacent to an activating group) is 1. The minimum atomic E-state index is -0.559. The number of hydrogen-bond acceptors (Lipinski definition) is 2. The number of benzene rings is 1. The molecular weight excluding hydrogens is 224 g/mol. The first-order chi connectivity index (χ1) is 8.35. The lowest BCUT2D eigenvalue weighted by molar-refractivity contribution is -0.121. The summed E-state index contributed by atoms with van der Waals surface area (Å²) in [6.07, 6.45) is 1.07. The van der Waals surface area contributed by atoms with Gasteiger partial charge in [0, 0.05) is 5.69 Å². The van der Waals surface area contributed by atoms with Gasteiger partial charge in [0.1, 0.15) is 0 Å². The number of carbonyl (C=O) groups excluding carboxylic acids is 1. The summed E-state index contributed by atoms with van der Waals surface area (Å²) in [4.78, 5) is 12.0. The molecular formula is C15H24N2O. The van der Waals surface area contributed by atoms with E-state index in [0.717, 1.165) is 12.1 Å². The van der Waals surface area contributed by atoms with Crippen molar-refractivity contribution in [1.82, 2.24) is 5.32 Å². The molecule has 0 spiro atoms. The number of carbonyl (C=O) groups is 1. The van der Waals surface area contributed by atoms with Gasteiger partial charge >= 0.3 is 0 Å². The second-order valence-electron chi connectivity index (χ2n) is 5.62. The maximum Gasteiger partial charge on any atom is 0.244 e. The van der Waals surface area contributed by atoms with E-state index in [1.807, 2.05) is 26.0 Å². The van der Waals surface area contributed by atoms with Crippen molar-refractivity contribution < 1.29 is 4.79 Å². The van der Waals surface area contributed by atoms with Crippen LogP contribution in [-0.4, -0.2) is 18.5 Å². The first kappa shape index (κ1) is 14.7. The molecule has 3 nitrogen and oxygen atoms in total. The van der Waals surface area contributed by atoms with Crippen molar-refractivity contribution in [2.75, 3.05) is 12.4 Å². The van der Waals surface area contributed by atoms with Crippen molar-refractivity contribution in [2.45, 2.75) is 39.7 Å². The van der Waals surface area contributed by atoms with Gasteiger partial charge in [0.05, 0.1) is 5.54 Å². The van der Waals surface area contributed by atoms with Gasteiger partial charge in [-0.2, -0.15) is 0 Å². The fourth-order valence-corrected chi connectivity index (χ4v) is 1.60. The van der Waals surface area contributed by atoms with Crippen LogP contribution in [-0.2, 0) is 11.2 Å². The minimum absolute atomic E-state index is 0.0263. The number of anilines is 1. The molecule has 0 bridgehead atoms. The third kappa shape index (κ3) is 4.15. The maximum atomic E-state index is 12.0. The van der Waals surface area contributed by atoms with Gasteiger partial charge in [0.2, 0.25) is 5.91 Å². The quantitative estimate of drug-likeness (QED) is 0.841. The number of nitrogens with one attached hydrogen (secondary N) is 2. The highest BCUT2D eigenvalue weighted by Gasteiger charge is 2.24. The normalized spacial score (nSPS) is 11.7. The zero-order valence-electron chi connectivity index (χ0n) is 12.0. The van der Waals surface area contributed by atoms with Crippen molar-refractivity contribution >= 4 is 11.6 Å². The van der Waals surface area contributed by atoms with E-state index in [-0.39, 0.29) is 5.91 Å². The Balaban J connectivity index is 2.67. The van der Waals surface area contributed by atoms with E-state index in [0.29, 0.717) is 5.92 Å². The SMILES string of the molecule is CNC(C)(C)C(=O)Nc1ccc(CC(C)C)cc1. The first-order valence-corrected chi connectivity index (χ1v) is 6.44. The van der Waals surface area contributed by atoms with E-state index in [2.05, 4.69) is 36.6 Å². The second kappa shape index (κ2) is 6.01. The summed E-state index contributed by atoms with van der Waals surface area (Å²) in [6, 6.07) is 8.06. The maximum absolute atomic E-state index is 12.0. The molecule has 0 aliphatic carbocycles. The third-order valence-corrected chi connectivity index (χ3v) is 3.05. The molecule has 1 aromatic rings. The monoisotopic (exact) mass is 248 g/mol. The van der Waals surface area contributed by atoms with Crippen LogP contribution in [0.15, 0.2) is 24.3 Å². The molecule has 0 radical (unpaired) electrons.